The first-order chi connectivity index (χ1) is 15.7. The molecule has 0 spiro atoms. The maximum absolute atomic E-state index is 12.9. The number of aromatic amines is 1. The number of anilines is 1. The number of carboxylic acid groups (broad SMARTS) is 1. The van der Waals surface area contributed by atoms with Crippen LogP contribution >= 0.6 is 11.6 Å². The van der Waals surface area contributed by atoms with Crippen LogP contribution in [0.1, 0.15) is 37.4 Å². The van der Waals surface area contributed by atoms with Crippen molar-refractivity contribution < 1.29 is 19.5 Å². The summed E-state index contributed by atoms with van der Waals surface area (Å²) in [7, 11) is 0. The maximum atomic E-state index is 12.9. The molecule has 0 aliphatic rings. The van der Waals surface area contributed by atoms with Crippen molar-refractivity contribution in [1.82, 2.24) is 15.3 Å². The number of carbonyl (C=O) groups excluding carboxylic acids is 2. The second-order valence-corrected chi connectivity index (χ2v) is 7.76. The molecule has 1 heterocycles. The fraction of sp³-hybridized carbons (Fsp3) is 0.174. The smallest absolute Gasteiger partial charge is 0.346 e. The topological polar surface area (TPSA) is 141 Å². The van der Waals surface area contributed by atoms with Crippen LogP contribution in [0.2, 0.25) is 5.02 Å². The first-order valence-electron chi connectivity index (χ1n) is 9.91. The van der Waals surface area contributed by atoms with E-state index in [-0.39, 0.29) is 28.4 Å². The molecule has 1 aromatic heterocycles. The maximum Gasteiger partial charge on any atom is 0.346 e. The van der Waals surface area contributed by atoms with E-state index in [9.17, 15) is 24.3 Å². The fourth-order valence-corrected chi connectivity index (χ4v) is 3.56. The standard InChI is InChI=1S/C23H21ClN4O5/c1-12-6-5-7-13(2)18(12)21(30)27-19-14(11-25-23(33)28-19)10-17(22(31)32)26-20(29)15-8-3-4-9-16(15)24/h3-9,11,17H,10H2,1-2H3,(H,26,29)(H,31,32)(H2,25,27,28,30,33). The van der Waals surface area contributed by atoms with Crippen molar-refractivity contribution in [1.29, 1.82) is 0 Å². The van der Waals surface area contributed by atoms with Gasteiger partial charge in [0.1, 0.15) is 11.9 Å². The molecule has 0 aliphatic carbocycles. The quantitative estimate of drug-likeness (QED) is 0.420. The van der Waals surface area contributed by atoms with Crippen LogP contribution in [0.5, 0.6) is 0 Å². The van der Waals surface area contributed by atoms with Crippen LogP contribution in [0, 0.1) is 13.8 Å². The van der Waals surface area contributed by atoms with Crippen LogP contribution in [0.3, 0.4) is 0 Å². The van der Waals surface area contributed by atoms with Gasteiger partial charge in [-0.3, -0.25) is 14.6 Å². The molecule has 3 rings (SSSR count). The lowest BCUT2D eigenvalue weighted by Crippen LogP contribution is -2.42. The second kappa shape index (κ2) is 10.1. The highest BCUT2D eigenvalue weighted by Gasteiger charge is 2.24. The molecule has 4 N–H and O–H groups in total. The number of hydrogen-bond donors (Lipinski definition) is 4. The van der Waals surface area contributed by atoms with Gasteiger partial charge in [0.15, 0.2) is 0 Å². The van der Waals surface area contributed by atoms with Crippen LogP contribution in [0.25, 0.3) is 0 Å². The van der Waals surface area contributed by atoms with Crippen LogP contribution in [0.4, 0.5) is 5.82 Å². The molecule has 0 fully saturated rings. The Morgan fingerprint density at radius 3 is 2.36 bits per heavy atom. The molecule has 3 aromatic rings. The number of carboxylic acids is 1. The van der Waals surface area contributed by atoms with Gasteiger partial charge in [-0.15, -0.1) is 0 Å². The number of nitrogens with zero attached hydrogens (tertiary/aromatic N) is 1. The van der Waals surface area contributed by atoms with Gasteiger partial charge in [0.2, 0.25) is 0 Å². The lowest BCUT2D eigenvalue weighted by Gasteiger charge is -2.17. The summed E-state index contributed by atoms with van der Waals surface area (Å²) in [5.74, 6) is -2.46. The Bertz CT molecular complexity index is 1270. The molecule has 1 atom stereocenters. The predicted molar refractivity (Wildman–Crippen MR) is 123 cm³/mol. The molecule has 170 valence electrons. The van der Waals surface area contributed by atoms with Gasteiger partial charge in [-0.2, -0.15) is 0 Å². The van der Waals surface area contributed by atoms with Crippen LogP contribution in [0.15, 0.2) is 53.5 Å². The third kappa shape index (κ3) is 5.64. The number of carbonyl (C=O) groups is 3. The van der Waals surface area contributed by atoms with Crippen molar-refractivity contribution in [3.8, 4) is 0 Å². The summed E-state index contributed by atoms with van der Waals surface area (Å²) < 4.78 is 0. The van der Waals surface area contributed by atoms with E-state index >= 15 is 0 Å². The number of aliphatic carboxylic acids is 1. The zero-order valence-corrected chi connectivity index (χ0v) is 18.6. The van der Waals surface area contributed by atoms with Crippen molar-refractivity contribution in [3.05, 3.63) is 92.0 Å². The van der Waals surface area contributed by atoms with Gasteiger partial charge in [0.05, 0.1) is 10.6 Å². The Balaban J connectivity index is 1.87. The minimum Gasteiger partial charge on any atom is -0.480 e. The molecule has 1 unspecified atom stereocenters. The molecule has 10 heteroatoms. The molecule has 0 aliphatic heterocycles. The zero-order chi connectivity index (χ0) is 24.1. The van der Waals surface area contributed by atoms with Gasteiger partial charge >= 0.3 is 11.7 Å². The molecule has 2 amide bonds. The Labute approximate surface area is 193 Å². The molecule has 0 saturated heterocycles. The third-order valence-electron chi connectivity index (χ3n) is 4.98. The van der Waals surface area contributed by atoms with Gasteiger partial charge in [-0.05, 0) is 37.1 Å². The summed E-state index contributed by atoms with van der Waals surface area (Å²) in [6, 6.07) is 10.2. The van der Waals surface area contributed by atoms with Gasteiger partial charge in [0.25, 0.3) is 11.8 Å². The molecule has 0 radical (unpaired) electrons. The average Bonchev–Trinajstić information content (AvgIpc) is 2.75. The van der Waals surface area contributed by atoms with Gasteiger partial charge in [-0.1, -0.05) is 41.9 Å². The first-order valence-corrected chi connectivity index (χ1v) is 10.3. The van der Waals surface area contributed by atoms with Gasteiger partial charge in [-0.25, -0.2) is 14.6 Å². The van der Waals surface area contributed by atoms with E-state index in [4.69, 9.17) is 11.6 Å². The van der Waals surface area contributed by atoms with E-state index in [1.54, 1.807) is 38.1 Å². The normalized spacial score (nSPS) is 11.5. The Kier molecular flexibility index (Phi) is 7.24. The van der Waals surface area contributed by atoms with Crippen LogP contribution < -0.4 is 16.3 Å². The van der Waals surface area contributed by atoms with E-state index in [1.807, 2.05) is 6.07 Å². The highest BCUT2D eigenvalue weighted by molar-refractivity contribution is 6.33. The molecule has 9 nitrogen and oxygen atoms in total. The predicted octanol–water partition coefficient (Wildman–Crippen LogP) is 2.72. The molecule has 33 heavy (non-hydrogen) atoms. The second-order valence-electron chi connectivity index (χ2n) is 7.36. The van der Waals surface area contributed by atoms with E-state index in [2.05, 4.69) is 20.6 Å². The molecule has 0 bridgehead atoms. The Hall–Kier alpha value is -3.98. The SMILES string of the molecule is Cc1cccc(C)c1C(=O)Nc1[nH]c(=O)ncc1CC(NC(=O)c1ccccc1Cl)C(=O)O. The number of rotatable bonds is 7. The monoisotopic (exact) mass is 468 g/mol. The summed E-state index contributed by atoms with van der Waals surface area (Å²) in [5, 5.41) is 14.9. The van der Waals surface area contributed by atoms with Crippen molar-refractivity contribution in [2.24, 2.45) is 0 Å². The van der Waals surface area contributed by atoms with Crippen molar-refractivity contribution in [2.75, 3.05) is 5.32 Å². The van der Waals surface area contributed by atoms with Crippen molar-refractivity contribution in [3.63, 3.8) is 0 Å². The Morgan fingerprint density at radius 2 is 1.73 bits per heavy atom. The molecule has 2 aromatic carbocycles. The summed E-state index contributed by atoms with van der Waals surface area (Å²) in [4.78, 5) is 55.1. The number of hydrogen-bond acceptors (Lipinski definition) is 5. The van der Waals surface area contributed by atoms with Crippen molar-refractivity contribution in [2.45, 2.75) is 26.3 Å². The molecule has 0 saturated carbocycles. The summed E-state index contributed by atoms with van der Waals surface area (Å²) >= 11 is 6.02. The lowest BCUT2D eigenvalue weighted by molar-refractivity contribution is -0.139. The lowest BCUT2D eigenvalue weighted by atomic mass is 10.0. The number of aryl methyl sites for hydroxylation is 2. The first kappa shape index (κ1) is 23.7. The summed E-state index contributed by atoms with van der Waals surface area (Å²) in [5.41, 5.74) is 1.53. The van der Waals surface area contributed by atoms with Crippen molar-refractivity contribution >= 4 is 35.2 Å². The minimum absolute atomic E-state index is 0.000829. The number of H-pyrrole nitrogens is 1. The largest absolute Gasteiger partial charge is 0.480 e. The van der Waals surface area contributed by atoms with E-state index in [1.165, 1.54) is 12.1 Å². The number of benzene rings is 2. The number of amides is 2. The van der Waals surface area contributed by atoms with Gasteiger partial charge < -0.3 is 15.7 Å². The zero-order valence-electron chi connectivity index (χ0n) is 17.8. The van der Waals surface area contributed by atoms with Crippen LogP contribution in [-0.4, -0.2) is 38.9 Å². The molecular formula is C23H21ClN4O5. The highest BCUT2D eigenvalue weighted by Crippen LogP contribution is 2.19. The third-order valence-corrected chi connectivity index (χ3v) is 5.31. The average molecular weight is 469 g/mol. The van der Waals surface area contributed by atoms with E-state index in [0.717, 1.165) is 17.3 Å². The highest BCUT2D eigenvalue weighted by atomic mass is 35.5. The number of nitrogens with one attached hydrogen (secondary N) is 3. The Morgan fingerprint density at radius 1 is 1.06 bits per heavy atom. The summed E-state index contributed by atoms with van der Waals surface area (Å²) in [6.45, 7) is 3.56. The summed E-state index contributed by atoms with van der Waals surface area (Å²) in [6.07, 6.45) is 0.911. The van der Waals surface area contributed by atoms with E-state index < -0.39 is 29.5 Å². The number of halogens is 1. The minimum atomic E-state index is -1.38. The van der Waals surface area contributed by atoms with Gasteiger partial charge in [0, 0.05) is 23.7 Å². The molecular weight excluding hydrogens is 448 g/mol. The van der Waals surface area contributed by atoms with Crippen LogP contribution in [-0.2, 0) is 11.2 Å². The number of aromatic nitrogens is 2. The van der Waals surface area contributed by atoms with E-state index in [0.29, 0.717) is 5.56 Å². The fourth-order valence-electron chi connectivity index (χ4n) is 3.34.